The van der Waals surface area contributed by atoms with E-state index in [4.69, 9.17) is 15.2 Å². The zero-order valence-corrected chi connectivity index (χ0v) is 11.8. The highest BCUT2D eigenvalue weighted by Crippen LogP contribution is 2.25. The van der Waals surface area contributed by atoms with E-state index < -0.39 is 0 Å². The van der Waals surface area contributed by atoms with Gasteiger partial charge in [0.2, 0.25) is 0 Å². The number of benzene rings is 2. The summed E-state index contributed by atoms with van der Waals surface area (Å²) in [5, 5.41) is 2.77. The third kappa shape index (κ3) is 3.89. The van der Waals surface area contributed by atoms with Gasteiger partial charge < -0.3 is 20.5 Å². The fourth-order valence-electron chi connectivity index (χ4n) is 1.91. The molecule has 0 spiro atoms. The average molecular weight is 286 g/mol. The molecule has 0 aliphatic carbocycles. The molecule has 2 aromatic rings. The lowest BCUT2D eigenvalue weighted by atomic mass is 10.1. The summed E-state index contributed by atoms with van der Waals surface area (Å²) in [5.74, 6) is 0.920. The number of nitrogen functional groups attached to an aromatic ring is 1. The van der Waals surface area contributed by atoms with E-state index in [0.717, 1.165) is 5.75 Å². The first-order valence-electron chi connectivity index (χ1n) is 6.61. The van der Waals surface area contributed by atoms with Crippen LogP contribution in [0.3, 0.4) is 0 Å². The lowest BCUT2D eigenvalue weighted by molar-refractivity contribution is 0.0944. The smallest absolute Gasteiger partial charge is 0.255 e. The van der Waals surface area contributed by atoms with Crippen molar-refractivity contribution in [2.45, 2.75) is 0 Å². The van der Waals surface area contributed by atoms with Crippen LogP contribution in [0, 0.1) is 0 Å². The van der Waals surface area contributed by atoms with Gasteiger partial charge in [0.05, 0.1) is 24.9 Å². The van der Waals surface area contributed by atoms with Crippen molar-refractivity contribution in [2.24, 2.45) is 0 Å². The minimum absolute atomic E-state index is 0.240. The SMILES string of the molecule is COc1c(N)cccc1C(=O)NCCOc1ccccc1. The maximum absolute atomic E-state index is 12.1. The predicted octanol–water partition coefficient (Wildman–Crippen LogP) is 2.09. The van der Waals surface area contributed by atoms with Gasteiger partial charge >= 0.3 is 0 Å². The summed E-state index contributed by atoms with van der Waals surface area (Å²) >= 11 is 0. The lowest BCUT2D eigenvalue weighted by Gasteiger charge is -2.11. The Hall–Kier alpha value is -2.69. The highest BCUT2D eigenvalue weighted by molar-refractivity contribution is 5.98. The minimum atomic E-state index is -0.240. The number of nitrogens with one attached hydrogen (secondary N) is 1. The van der Waals surface area contributed by atoms with Crippen LogP contribution in [0.5, 0.6) is 11.5 Å². The molecule has 5 nitrogen and oxygen atoms in total. The number of anilines is 1. The van der Waals surface area contributed by atoms with E-state index >= 15 is 0 Å². The Morgan fingerprint density at radius 1 is 1.14 bits per heavy atom. The van der Waals surface area contributed by atoms with Gasteiger partial charge in [-0.05, 0) is 24.3 Å². The Balaban J connectivity index is 1.86. The predicted molar refractivity (Wildman–Crippen MR) is 81.7 cm³/mol. The number of methoxy groups -OCH3 is 1. The van der Waals surface area contributed by atoms with Gasteiger partial charge in [-0.2, -0.15) is 0 Å². The molecule has 3 N–H and O–H groups in total. The molecule has 5 heteroatoms. The molecule has 110 valence electrons. The number of nitrogens with two attached hydrogens (primary N) is 1. The number of ether oxygens (including phenoxy) is 2. The van der Waals surface area contributed by atoms with Gasteiger partial charge in [0.15, 0.2) is 5.75 Å². The molecule has 0 unspecified atom stereocenters. The maximum Gasteiger partial charge on any atom is 0.255 e. The van der Waals surface area contributed by atoms with Gasteiger partial charge in [0.25, 0.3) is 5.91 Å². The van der Waals surface area contributed by atoms with Crippen LogP contribution >= 0.6 is 0 Å². The Morgan fingerprint density at radius 3 is 2.62 bits per heavy atom. The zero-order valence-electron chi connectivity index (χ0n) is 11.8. The highest BCUT2D eigenvalue weighted by atomic mass is 16.5. The van der Waals surface area contributed by atoms with Crippen molar-refractivity contribution in [3.05, 3.63) is 54.1 Å². The van der Waals surface area contributed by atoms with E-state index in [0.29, 0.717) is 30.2 Å². The first-order valence-corrected chi connectivity index (χ1v) is 6.61. The molecule has 0 saturated carbocycles. The monoisotopic (exact) mass is 286 g/mol. The van der Waals surface area contributed by atoms with Crippen LogP contribution in [-0.4, -0.2) is 26.2 Å². The lowest BCUT2D eigenvalue weighted by Crippen LogP contribution is -2.28. The summed E-state index contributed by atoms with van der Waals surface area (Å²) in [6.07, 6.45) is 0. The summed E-state index contributed by atoms with van der Waals surface area (Å²) in [6, 6.07) is 14.5. The van der Waals surface area contributed by atoms with Crippen LogP contribution in [0.25, 0.3) is 0 Å². The number of carbonyl (C=O) groups excluding carboxylic acids is 1. The van der Waals surface area contributed by atoms with Gasteiger partial charge in [0, 0.05) is 0 Å². The molecule has 0 bridgehead atoms. The van der Waals surface area contributed by atoms with Crippen LogP contribution in [0.1, 0.15) is 10.4 Å². The van der Waals surface area contributed by atoms with Crippen LogP contribution in [-0.2, 0) is 0 Å². The van der Waals surface area contributed by atoms with E-state index in [2.05, 4.69) is 5.32 Å². The number of hydrogen-bond acceptors (Lipinski definition) is 4. The zero-order chi connectivity index (χ0) is 15.1. The summed E-state index contributed by atoms with van der Waals surface area (Å²) in [7, 11) is 1.49. The molecule has 0 fully saturated rings. The molecule has 0 atom stereocenters. The van der Waals surface area contributed by atoms with Gasteiger partial charge in [-0.15, -0.1) is 0 Å². The molecule has 0 saturated heterocycles. The number of amides is 1. The largest absolute Gasteiger partial charge is 0.494 e. The summed E-state index contributed by atoms with van der Waals surface area (Å²) in [6.45, 7) is 0.784. The molecule has 0 radical (unpaired) electrons. The molecule has 0 heterocycles. The van der Waals surface area contributed by atoms with Crippen molar-refractivity contribution in [1.82, 2.24) is 5.32 Å². The number of rotatable bonds is 6. The Kier molecular flexibility index (Phi) is 5.04. The molecule has 2 rings (SSSR count). The van der Waals surface area contributed by atoms with Crippen molar-refractivity contribution in [1.29, 1.82) is 0 Å². The number of para-hydroxylation sites is 2. The first kappa shape index (κ1) is 14.7. The second-order valence-electron chi connectivity index (χ2n) is 4.35. The Bertz CT molecular complexity index is 600. The molecule has 0 aliphatic rings. The third-order valence-electron chi connectivity index (χ3n) is 2.89. The summed E-state index contributed by atoms with van der Waals surface area (Å²) in [5.41, 5.74) is 6.62. The number of hydrogen-bond donors (Lipinski definition) is 2. The first-order chi connectivity index (χ1) is 10.2. The van der Waals surface area contributed by atoms with E-state index in [1.807, 2.05) is 30.3 Å². The van der Waals surface area contributed by atoms with Crippen LogP contribution in [0.4, 0.5) is 5.69 Å². The summed E-state index contributed by atoms with van der Waals surface area (Å²) < 4.78 is 10.7. The van der Waals surface area contributed by atoms with Crippen molar-refractivity contribution in [3.63, 3.8) is 0 Å². The van der Waals surface area contributed by atoms with E-state index in [1.165, 1.54) is 7.11 Å². The normalized spacial score (nSPS) is 9.95. The minimum Gasteiger partial charge on any atom is -0.494 e. The molecule has 21 heavy (non-hydrogen) atoms. The van der Waals surface area contributed by atoms with Gasteiger partial charge in [0.1, 0.15) is 12.4 Å². The molecule has 0 aromatic heterocycles. The highest BCUT2D eigenvalue weighted by Gasteiger charge is 2.13. The topological polar surface area (TPSA) is 73.6 Å². The molecule has 0 aliphatic heterocycles. The second-order valence-corrected chi connectivity index (χ2v) is 4.35. The van der Waals surface area contributed by atoms with Crippen LogP contribution in [0.15, 0.2) is 48.5 Å². The van der Waals surface area contributed by atoms with Crippen molar-refractivity contribution >= 4 is 11.6 Å². The fourth-order valence-corrected chi connectivity index (χ4v) is 1.91. The third-order valence-corrected chi connectivity index (χ3v) is 2.89. The Labute approximate surface area is 123 Å². The van der Waals surface area contributed by atoms with Gasteiger partial charge in [-0.3, -0.25) is 4.79 Å². The molecule has 2 aromatic carbocycles. The molecular formula is C16H18N2O3. The average Bonchev–Trinajstić information content (AvgIpc) is 2.52. The quantitative estimate of drug-likeness (QED) is 0.630. The van der Waals surface area contributed by atoms with Crippen LogP contribution in [0.2, 0.25) is 0 Å². The molecule has 1 amide bonds. The summed E-state index contributed by atoms with van der Waals surface area (Å²) in [4.78, 5) is 12.1. The Morgan fingerprint density at radius 2 is 1.90 bits per heavy atom. The molecular weight excluding hydrogens is 268 g/mol. The maximum atomic E-state index is 12.1. The van der Waals surface area contributed by atoms with Crippen LogP contribution < -0.4 is 20.5 Å². The van der Waals surface area contributed by atoms with Gasteiger partial charge in [-0.1, -0.05) is 24.3 Å². The van der Waals surface area contributed by atoms with Crippen molar-refractivity contribution in [2.75, 3.05) is 26.0 Å². The van der Waals surface area contributed by atoms with Crippen molar-refractivity contribution in [3.8, 4) is 11.5 Å². The van der Waals surface area contributed by atoms with E-state index in [-0.39, 0.29) is 5.91 Å². The van der Waals surface area contributed by atoms with E-state index in [1.54, 1.807) is 18.2 Å². The number of carbonyl (C=O) groups is 1. The second kappa shape index (κ2) is 7.19. The van der Waals surface area contributed by atoms with Crippen molar-refractivity contribution < 1.29 is 14.3 Å². The fraction of sp³-hybridized carbons (Fsp3) is 0.188. The standard InChI is InChI=1S/C16H18N2O3/c1-20-15-13(8-5-9-14(15)17)16(19)18-10-11-21-12-6-3-2-4-7-12/h2-9H,10-11,17H2,1H3,(H,18,19). The van der Waals surface area contributed by atoms with Gasteiger partial charge in [-0.25, -0.2) is 0 Å². The van der Waals surface area contributed by atoms with E-state index in [9.17, 15) is 4.79 Å².